The molecule has 8 nitrogen and oxygen atoms in total. The maximum Gasteiger partial charge on any atom is 0.278 e. The molecule has 0 fully saturated rings. The van der Waals surface area contributed by atoms with Gasteiger partial charge in [-0.2, -0.15) is 0 Å². The zero-order valence-corrected chi connectivity index (χ0v) is 18.5. The normalized spacial score (nSPS) is 11.6. The lowest BCUT2D eigenvalue weighted by atomic mass is 10.1. The Bertz CT molecular complexity index is 1200. The van der Waals surface area contributed by atoms with Crippen molar-refractivity contribution in [1.82, 2.24) is 15.2 Å². The van der Waals surface area contributed by atoms with E-state index in [1.54, 1.807) is 12.1 Å². The van der Waals surface area contributed by atoms with Crippen LogP contribution in [0.1, 0.15) is 25.8 Å². The van der Waals surface area contributed by atoms with Crippen LogP contribution >= 0.6 is 11.8 Å². The van der Waals surface area contributed by atoms with Crippen LogP contribution in [0.3, 0.4) is 0 Å². The van der Waals surface area contributed by atoms with Crippen molar-refractivity contribution < 1.29 is 14.0 Å². The summed E-state index contributed by atoms with van der Waals surface area (Å²) in [5.41, 5.74) is 1.83. The fourth-order valence-corrected chi connectivity index (χ4v) is 3.76. The number of carbonyl (C=O) groups is 2. The molecule has 1 heterocycles. The van der Waals surface area contributed by atoms with Gasteiger partial charge in [0.25, 0.3) is 5.56 Å². The molecule has 0 unspecified atom stereocenters. The van der Waals surface area contributed by atoms with E-state index in [0.29, 0.717) is 23.4 Å². The molecule has 0 aliphatic rings. The van der Waals surface area contributed by atoms with E-state index in [-0.39, 0.29) is 22.7 Å². The fourth-order valence-electron chi connectivity index (χ4n) is 2.92. The van der Waals surface area contributed by atoms with Gasteiger partial charge >= 0.3 is 0 Å². The Morgan fingerprint density at radius 1 is 1.12 bits per heavy atom. The van der Waals surface area contributed by atoms with Crippen LogP contribution in [0, 0.1) is 12.7 Å². The Morgan fingerprint density at radius 2 is 1.84 bits per heavy atom. The number of aromatic nitrogens is 3. The van der Waals surface area contributed by atoms with Gasteiger partial charge in [0.2, 0.25) is 11.8 Å². The van der Waals surface area contributed by atoms with E-state index in [0.717, 1.165) is 17.3 Å². The standard InChI is InChI=1S/C22H22FN5O3S/c1-4-18(20(30)25-15-8-6-14(23)7-9-15)32-22-26-21(31)19(27-28-22)16-11-12(2)5-10-17(16)24-13(3)29/h5-11,18H,4H2,1-3H3,(H,24,29)(H,25,30)(H,26,28,31)/t18-/m1/s1. The van der Waals surface area contributed by atoms with Gasteiger partial charge in [0.05, 0.1) is 10.9 Å². The van der Waals surface area contributed by atoms with Gasteiger partial charge in [0.15, 0.2) is 10.9 Å². The summed E-state index contributed by atoms with van der Waals surface area (Å²) in [5.74, 6) is -0.972. The number of nitrogens with zero attached hydrogens (tertiary/aromatic N) is 2. The molecule has 1 atom stereocenters. The van der Waals surface area contributed by atoms with Crippen LogP contribution in [0.15, 0.2) is 52.4 Å². The first-order valence-corrected chi connectivity index (χ1v) is 10.7. The molecule has 0 saturated heterocycles. The van der Waals surface area contributed by atoms with E-state index in [9.17, 15) is 18.8 Å². The summed E-state index contributed by atoms with van der Waals surface area (Å²) in [7, 11) is 0. The Kier molecular flexibility index (Phi) is 7.37. The number of hydrogen-bond acceptors (Lipinski definition) is 6. The average Bonchev–Trinajstić information content (AvgIpc) is 2.75. The summed E-state index contributed by atoms with van der Waals surface area (Å²) < 4.78 is 13.1. The smallest absolute Gasteiger partial charge is 0.278 e. The monoisotopic (exact) mass is 455 g/mol. The highest BCUT2D eigenvalue weighted by molar-refractivity contribution is 8.00. The van der Waals surface area contributed by atoms with Crippen LogP contribution in [0.5, 0.6) is 0 Å². The molecule has 2 aromatic carbocycles. The number of halogens is 1. The van der Waals surface area contributed by atoms with Crippen molar-refractivity contribution in [3.05, 3.63) is 64.2 Å². The molecular formula is C22H22FN5O3S. The van der Waals surface area contributed by atoms with Crippen LogP contribution < -0.4 is 16.2 Å². The highest BCUT2D eigenvalue weighted by Crippen LogP contribution is 2.27. The maximum absolute atomic E-state index is 13.1. The number of aryl methyl sites for hydroxylation is 1. The minimum atomic E-state index is -0.551. The lowest BCUT2D eigenvalue weighted by molar-refractivity contribution is -0.116. The predicted molar refractivity (Wildman–Crippen MR) is 122 cm³/mol. The number of aromatic amines is 1. The van der Waals surface area contributed by atoms with E-state index in [1.807, 2.05) is 19.9 Å². The third-order valence-corrected chi connectivity index (χ3v) is 5.69. The summed E-state index contributed by atoms with van der Waals surface area (Å²) in [6, 6.07) is 10.7. The Morgan fingerprint density at radius 3 is 2.47 bits per heavy atom. The lowest BCUT2D eigenvalue weighted by Gasteiger charge is -2.14. The molecule has 0 saturated carbocycles. The van der Waals surface area contributed by atoms with Crippen molar-refractivity contribution in [3.63, 3.8) is 0 Å². The first kappa shape index (κ1) is 23.1. The van der Waals surface area contributed by atoms with E-state index in [2.05, 4.69) is 25.8 Å². The van der Waals surface area contributed by atoms with Crippen molar-refractivity contribution in [2.24, 2.45) is 0 Å². The second kappa shape index (κ2) is 10.2. The highest BCUT2D eigenvalue weighted by atomic mass is 32.2. The Labute approximate surface area is 188 Å². The SMILES string of the molecule is CC[C@@H](Sc1nnc(-c2cc(C)ccc2NC(C)=O)c(=O)[nH]1)C(=O)Nc1ccc(F)cc1. The number of amides is 2. The summed E-state index contributed by atoms with van der Waals surface area (Å²) >= 11 is 1.07. The van der Waals surface area contributed by atoms with Gasteiger partial charge in [-0.05, 0) is 49.7 Å². The van der Waals surface area contributed by atoms with E-state index in [1.165, 1.54) is 31.2 Å². The van der Waals surface area contributed by atoms with Crippen LogP contribution in [0.4, 0.5) is 15.8 Å². The van der Waals surface area contributed by atoms with Crippen molar-refractivity contribution in [2.75, 3.05) is 10.6 Å². The summed E-state index contributed by atoms with van der Waals surface area (Å²) in [6.45, 7) is 5.06. The summed E-state index contributed by atoms with van der Waals surface area (Å²) in [4.78, 5) is 39.5. The molecule has 2 amide bonds. The van der Waals surface area contributed by atoms with Gasteiger partial charge in [-0.15, -0.1) is 10.2 Å². The van der Waals surface area contributed by atoms with E-state index >= 15 is 0 Å². The number of rotatable bonds is 7. The Balaban J connectivity index is 1.81. The van der Waals surface area contributed by atoms with Gasteiger partial charge in [-0.25, -0.2) is 4.39 Å². The zero-order valence-electron chi connectivity index (χ0n) is 17.7. The molecule has 0 bridgehead atoms. The quantitative estimate of drug-likeness (QED) is 0.467. The minimum absolute atomic E-state index is 0.0608. The molecule has 10 heteroatoms. The van der Waals surface area contributed by atoms with Gasteiger partial charge in [-0.1, -0.05) is 30.3 Å². The number of carbonyl (C=O) groups excluding carboxylic acids is 2. The predicted octanol–water partition coefficient (Wildman–Crippen LogP) is 3.75. The first-order valence-electron chi connectivity index (χ1n) is 9.85. The van der Waals surface area contributed by atoms with Crippen molar-refractivity contribution in [2.45, 2.75) is 37.6 Å². The van der Waals surface area contributed by atoms with Gasteiger partial charge in [0, 0.05) is 18.2 Å². The topological polar surface area (TPSA) is 117 Å². The third-order valence-electron chi connectivity index (χ3n) is 4.45. The van der Waals surface area contributed by atoms with Crippen LogP contribution in [0.2, 0.25) is 0 Å². The average molecular weight is 456 g/mol. The van der Waals surface area contributed by atoms with Crippen LogP contribution in [-0.2, 0) is 9.59 Å². The van der Waals surface area contributed by atoms with Crippen LogP contribution in [-0.4, -0.2) is 32.2 Å². The molecule has 3 rings (SSSR count). The molecule has 1 aromatic heterocycles. The number of H-pyrrole nitrogens is 1. The third kappa shape index (κ3) is 5.79. The van der Waals surface area contributed by atoms with Crippen molar-refractivity contribution in [1.29, 1.82) is 0 Å². The molecule has 3 aromatic rings. The number of benzene rings is 2. The second-order valence-electron chi connectivity index (χ2n) is 7.05. The number of anilines is 2. The lowest BCUT2D eigenvalue weighted by Crippen LogP contribution is -2.25. The van der Waals surface area contributed by atoms with Gasteiger partial charge in [0.1, 0.15) is 5.82 Å². The zero-order chi connectivity index (χ0) is 23.3. The molecule has 0 aliphatic carbocycles. The Hall–Kier alpha value is -3.53. The minimum Gasteiger partial charge on any atom is -0.326 e. The van der Waals surface area contributed by atoms with Gasteiger partial charge < -0.3 is 10.6 Å². The molecule has 0 radical (unpaired) electrons. The highest BCUT2D eigenvalue weighted by Gasteiger charge is 2.21. The van der Waals surface area contributed by atoms with Crippen molar-refractivity contribution >= 4 is 35.0 Å². The largest absolute Gasteiger partial charge is 0.326 e. The molecule has 0 spiro atoms. The molecule has 166 valence electrons. The number of thioether (sulfide) groups is 1. The summed E-state index contributed by atoms with van der Waals surface area (Å²) in [6.07, 6.45) is 0.466. The molecule has 32 heavy (non-hydrogen) atoms. The van der Waals surface area contributed by atoms with Crippen LogP contribution in [0.25, 0.3) is 11.3 Å². The maximum atomic E-state index is 13.1. The molecular weight excluding hydrogens is 433 g/mol. The second-order valence-corrected chi connectivity index (χ2v) is 8.24. The first-order chi connectivity index (χ1) is 15.3. The fraction of sp³-hybridized carbons (Fsp3) is 0.227. The molecule has 3 N–H and O–H groups in total. The van der Waals surface area contributed by atoms with Crippen molar-refractivity contribution in [3.8, 4) is 11.3 Å². The van der Waals surface area contributed by atoms with Gasteiger partial charge in [-0.3, -0.25) is 19.4 Å². The molecule has 0 aliphatic heterocycles. The van der Waals surface area contributed by atoms with E-state index < -0.39 is 16.6 Å². The van der Waals surface area contributed by atoms with E-state index in [4.69, 9.17) is 0 Å². The summed E-state index contributed by atoms with van der Waals surface area (Å²) in [5, 5.41) is 13.2. The number of hydrogen-bond donors (Lipinski definition) is 3. The number of nitrogens with one attached hydrogen (secondary N) is 3.